The molecule has 412 valence electrons. The smallest absolute Gasteiger partial charge is 0.253 e. The van der Waals surface area contributed by atoms with Crippen LogP contribution in [0.2, 0.25) is 0 Å². The molecular formula is C74H92BN3S. The molecule has 1 aromatic heterocycles. The topological polar surface area (TPSA) is 9.72 Å². The Morgan fingerprint density at radius 2 is 0.835 bits per heavy atom. The Hall–Kier alpha value is -4.74. The lowest BCUT2D eigenvalue weighted by Crippen LogP contribution is -2.63. The molecule has 1 fully saturated rings. The molecule has 6 aromatic rings. The first-order chi connectivity index (χ1) is 36.8. The van der Waals surface area contributed by atoms with Gasteiger partial charge in [0.2, 0.25) is 0 Å². The molecular weight excluding hydrogens is 974 g/mol. The van der Waals surface area contributed by atoms with E-state index in [-0.39, 0.29) is 61.0 Å². The molecule has 3 aliphatic heterocycles. The van der Waals surface area contributed by atoms with Gasteiger partial charge in [-0.25, -0.2) is 0 Å². The van der Waals surface area contributed by atoms with Crippen molar-refractivity contribution in [2.75, 3.05) is 14.7 Å². The zero-order chi connectivity index (χ0) is 55.9. The molecule has 5 aromatic carbocycles. The predicted octanol–water partition coefficient (Wildman–Crippen LogP) is 19.0. The fourth-order valence-corrected chi connectivity index (χ4v) is 19.8. The lowest BCUT2D eigenvalue weighted by atomic mass is 9.32. The van der Waals surface area contributed by atoms with Gasteiger partial charge in [0.15, 0.2) is 0 Å². The van der Waals surface area contributed by atoms with Gasteiger partial charge in [-0.2, -0.15) is 0 Å². The van der Waals surface area contributed by atoms with E-state index in [1.807, 2.05) is 0 Å². The van der Waals surface area contributed by atoms with Crippen LogP contribution in [-0.2, 0) is 48.7 Å². The van der Waals surface area contributed by atoms with Crippen LogP contribution in [0.5, 0.6) is 0 Å². The molecule has 3 nitrogen and oxygen atoms in total. The summed E-state index contributed by atoms with van der Waals surface area (Å²) in [6, 6.07) is 36.2. The lowest BCUT2D eigenvalue weighted by Gasteiger charge is -2.51. The monoisotopic (exact) mass is 1070 g/mol. The first-order valence-corrected chi connectivity index (χ1v) is 32.0. The van der Waals surface area contributed by atoms with Gasteiger partial charge >= 0.3 is 0 Å². The molecule has 2 atom stereocenters. The molecule has 5 heteroatoms. The molecule has 0 spiro atoms. The van der Waals surface area contributed by atoms with Gasteiger partial charge < -0.3 is 14.7 Å². The summed E-state index contributed by atoms with van der Waals surface area (Å²) in [6.07, 6.45) is 14.4. The van der Waals surface area contributed by atoms with Crippen molar-refractivity contribution < 1.29 is 0 Å². The van der Waals surface area contributed by atoms with Crippen LogP contribution in [0.1, 0.15) is 251 Å². The second-order valence-corrected chi connectivity index (χ2v) is 33.7. The quantitative estimate of drug-likeness (QED) is 0.163. The van der Waals surface area contributed by atoms with Crippen molar-refractivity contribution in [2.45, 2.75) is 256 Å². The van der Waals surface area contributed by atoms with Gasteiger partial charge in [0.1, 0.15) is 0 Å². The SMILES string of the molecule is CC1(C)CCC(C)(C)c2cc(N3c4cc5c(cc4B4c6c3cc(N3c7ccccc7C7(C)CCCCC37C)cc6N(c3ccc6c(c3)C(C)(C)CCC6(C)C)c3sc6c(c34)C(C)(C)CCC6(C)C)C(C)(C)CCC5(C)C)ccc21. The third-order valence-electron chi connectivity index (χ3n) is 24.0. The van der Waals surface area contributed by atoms with E-state index in [1.54, 1.807) is 21.5 Å². The molecule has 0 saturated heterocycles. The van der Waals surface area contributed by atoms with E-state index < -0.39 is 0 Å². The second kappa shape index (κ2) is 16.1. The van der Waals surface area contributed by atoms with E-state index in [9.17, 15) is 0 Å². The van der Waals surface area contributed by atoms with Crippen molar-refractivity contribution in [2.24, 2.45) is 0 Å². The van der Waals surface area contributed by atoms with Gasteiger partial charge in [0, 0.05) is 50.1 Å². The molecule has 0 N–H and O–H groups in total. The number of hydrogen-bond donors (Lipinski definition) is 0. The molecule has 79 heavy (non-hydrogen) atoms. The van der Waals surface area contributed by atoms with Crippen LogP contribution in [0.25, 0.3) is 0 Å². The maximum atomic E-state index is 2.88. The van der Waals surface area contributed by atoms with E-state index in [1.165, 1.54) is 160 Å². The van der Waals surface area contributed by atoms with Crippen LogP contribution in [0.4, 0.5) is 44.8 Å². The number of benzene rings is 5. The Bertz CT molecular complexity index is 3610. The van der Waals surface area contributed by atoms with Crippen LogP contribution < -0.4 is 31.1 Å². The maximum absolute atomic E-state index is 2.88. The van der Waals surface area contributed by atoms with Gasteiger partial charge in [0.05, 0.1) is 10.5 Å². The fraction of sp³-hybridized carbons (Fsp3) is 0.541. The second-order valence-electron chi connectivity index (χ2n) is 32.7. The largest absolute Gasteiger partial charge is 0.334 e. The van der Waals surface area contributed by atoms with Gasteiger partial charge in [-0.3, -0.25) is 0 Å². The summed E-state index contributed by atoms with van der Waals surface area (Å²) in [5, 5.41) is 1.45. The Morgan fingerprint density at radius 1 is 0.367 bits per heavy atom. The first-order valence-electron chi connectivity index (χ1n) is 31.2. The standard InChI is InChI=1S/C74H92BN3S/c1-65(2)31-33-67(5,6)51-39-45(25-27-48(51)65)76-57-44-54-53(69(9,10)35-36-70(54,11)12)43-55(57)75-61-58(76)41-47(78-56-24-20-19-23-50(56)73(17)29-21-22-30-74(73,78)18)42-59(61)77(46-26-28-49-52(40-46)68(7,8)34-32-66(49,3)4)64-62(75)60-63(79-64)72(15,16)38-37-71(60,13)14/h19-20,23-28,39-44H,21-22,29-38H2,1-18H3. The molecule has 5 aliphatic carbocycles. The van der Waals surface area contributed by atoms with E-state index in [0.29, 0.717) is 0 Å². The number of para-hydroxylation sites is 1. The van der Waals surface area contributed by atoms with Crippen molar-refractivity contribution in [3.8, 4) is 0 Å². The lowest BCUT2D eigenvalue weighted by molar-refractivity contribution is 0.195. The third-order valence-corrected chi connectivity index (χ3v) is 25.5. The number of fused-ring (bicyclic) bond motifs is 12. The molecule has 8 aliphatic rings. The normalized spacial score (nSPS) is 26.8. The van der Waals surface area contributed by atoms with Crippen LogP contribution in [-0.4, -0.2) is 12.3 Å². The third kappa shape index (κ3) is 7.02. The van der Waals surface area contributed by atoms with Gasteiger partial charge in [0.25, 0.3) is 6.71 Å². The average molecular weight is 1070 g/mol. The molecule has 0 bridgehead atoms. The van der Waals surface area contributed by atoms with Crippen molar-refractivity contribution in [3.63, 3.8) is 0 Å². The highest BCUT2D eigenvalue weighted by molar-refractivity contribution is 7.20. The van der Waals surface area contributed by atoms with E-state index in [0.717, 1.165) is 6.42 Å². The zero-order valence-corrected chi connectivity index (χ0v) is 52.7. The van der Waals surface area contributed by atoms with Crippen molar-refractivity contribution in [3.05, 3.63) is 134 Å². The van der Waals surface area contributed by atoms with Crippen molar-refractivity contribution >= 4 is 79.3 Å². The van der Waals surface area contributed by atoms with Crippen molar-refractivity contribution in [1.29, 1.82) is 0 Å². The minimum atomic E-state index is -0.106. The first kappa shape index (κ1) is 52.3. The van der Waals surface area contributed by atoms with Crippen LogP contribution in [0.15, 0.2) is 84.9 Å². The summed E-state index contributed by atoms with van der Waals surface area (Å²) in [5.41, 5.74) is 26.8. The number of nitrogens with zero attached hydrogens (tertiary/aromatic N) is 3. The predicted molar refractivity (Wildman–Crippen MR) is 342 cm³/mol. The van der Waals surface area contributed by atoms with E-state index in [4.69, 9.17) is 0 Å². The minimum Gasteiger partial charge on any atom is -0.334 e. The summed E-state index contributed by atoms with van der Waals surface area (Å²) in [7, 11) is 0. The summed E-state index contributed by atoms with van der Waals surface area (Å²) in [4.78, 5) is 10.2. The van der Waals surface area contributed by atoms with Gasteiger partial charge in [-0.15, -0.1) is 11.3 Å². The fourth-order valence-electron chi connectivity index (χ4n) is 18.1. The number of anilines is 8. The molecule has 1 saturated carbocycles. The number of hydrogen-bond acceptors (Lipinski definition) is 4. The van der Waals surface area contributed by atoms with E-state index >= 15 is 0 Å². The summed E-state index contributed by atoms with van der Waals surface area (Å²) in [6.45, 7) is 45.8. The van der Waals surface area contributed by atoms with Crippen LogP contribution in [0.3, 0.4) is 0 Å². The van der Waals surface area contributed by atoms with Gasteiger partial charge in [-0.05, 0) is 224 Å². The molecule has 0 amide bonds. The van der Waals surface area contributed by atoms with Crippen molar-refractivity contribution in [1.82, 2.24) is 0 Å². The number of thiophene rings is 1. The Morgan fingerprint density at radius 3 is 1.42 bits per heavy atom. The highest BCUT2D eigenvalue weighted by atomic mass is 32.1. The molecule has 2 unspecified atom stereocenters. The van der Waals surface area contributed by atoms with Crippen LogP contribution >= 0.6 is 11.3 Å². The van der Waals surface area contributed by atoms with Gasteiger partial charge in [-0.1, -0.05) is 167 Å². The zero-order valence-electron chi connectivity index (χ0n) is 51.9. The highest BCUT2D eigenvalue weighted by Crippen LogP contribution is 2.63. The number of rotatable bonds is 3. The molecule has 0 radical (unpaired) electrons. The Balaban J connectivity index is 1.16. The Labute approximate surface area is 481 Å². The molecule has 4 heterocycles. The Kier molecular flexibility index (Phi) is 10.7. The molecule has 14 rings (SSSR count). The minimum absolute atomic E-state index is 0.00300. The van der Waals surface area contributed by atoms with E-state index in [2.05, 4.69) is 236 Å². The average Bonchev–Trinajstić information content (AvgIpc) is 4.02. The highest BCUT2D eigenvalue weighted by Gasteiger charge is 2.59. The summed E-state index contributed by atoms with van der Waals surface area (Å²) < 4.78 is 0. The summed E-state index contributed by atoms with van der Waals surface area (Å²) >= 11 is 2.16. The maximum Gasteiger partial charge on any atom is 0.253 e. The summed E-state index contributed by atoms with van der Waals surface area (Å²) in [5.74, 6) is 0. The van der Waals surface area contributed by atoms with Crippen LogP contribution in [0, 0.1) is 0 Å².